The Bertz CT molecular complexity index is 365. The highest BCUT2D eigenvalue weighted by atomic mass is 15.2. The molecule has 0 aliphatic heterocycles. The maximum Gasteiger partial charge on any atom is 0.224 e. The number of aryl methyl sites for hydroxylation is 1. The largest absolute Gasteiger partial charge is 0.370 e. The molecule has 0 aromatic carbocycles. The first-order chi connectivity index (χ1) is 9.11. The lowest BCUT2D eigenvalue weighted by molar-refractivity contribution is 0.425. The number of rotatable bonds is 9. The number of anilines is 2. The SMILES string of the molecule is CCCCCNc1cc(C)nc(NCCN(C)C)n1. The van der Waals surface area contributed by atoms with Gasteiger partial charge in [-0.25, -0.2) is 4.98 Å². The molecule has 108 valence electrons. The number of unbranched alkanes of at least 4 members (excludes halogenated alkanes) is 2. The van der Waals surface area contributed by atoms with Crippen molar-refractivity contribution in [1.82, 2.24) is 14.9 Å². The predicted octanol–water partition coefficient (Wildman–Crippen LogP) is 2.36. The molecule has 1 aromatic rings. The summed E-state index contributed by atoms with van der Waals surface area (Å²) in [4.78, 5) is 11.0. The van der Waals surface area contributed by atoms with Crippen LogP contribution in [0.5, 0.6) is 0 Å². The molecule has 0 saturated heterocycles. The Balaban J connectivity index is 2.46. The molecule has 0 amide bonds. The summed E-state index contributed by atoms with van der Waals surface area (Å²) in [5, 5.41) is 6.61. The van der Waals surface area contributed by atoms with E-state index in [1.165, 1.54) is 19.3 Å². The number of hydrogen-bond donors (Lipinski definition) is 2. The van der Waals surface area contributed by atoms with Gasteiger partial charge in [0.15, 0.2) is 0 Å². The van der Waals surface area contributed by atoms with Gasteiger partial charge in [0.05, 0.1) is 0 Å². The summed E-state index contributed by atoms with van der Waals surface area (Å²) in [7, 11) is 4.11. The van der Waals surface area contributed by atoms with Crippen LogP contribution in [-0.4, -0.2) is 48.6 Å². The Hall–Kier alpha value is -1.36. The first kappa shape index (κ1) is 15.7. The molecule has 1 aromatic heterocycles. The van der Waals surface area contributed by atoms with Crippen molar-refractivity contribution in [3.05, 3.63) is 11.8 Å². The maximum atomic E-state index is 4.48. The van der Waals surface area contributed by atoms with Gasteiger partial charge in [0.2, 0.25) is 5.95 Å². The molecule has 2 N–H and O–H groups in total. The molecule has 0 radical (unpaired) electrons. The molecule has 0 unspecified atom stereocenters. The van der Waals surface area contributed by atoms with Crippen LogP contribution in [0, 0.1) is 6.92 Å². The fourth-order valence-corrected chi connectivity index (χ4v) is 1.72. The van der Waals surface area contributed by atoms with Crippen LogP contribution in [0.15, 0.2) is 6.07 Å². The van der Waals surface area contributed by atoms with Crippen LogP contribution in [-0.2, 0) is 0 Å². The molecule has 0 saturated carbocycles. The summed E-state index contributed by atoms with van der Waals surface area (Å²) >= 11 is 0. The summed E-state index contributed by atoms with van der Waals surface area (Å²) in [6.45, 7) is 7.00. The summed E-state index contributed by atoms with van der Waals surface area (Å²) < 4.78 is 0. The molecule has 0 aliphatic rings. The van der Waals surface area contributed by atoms with Crippen molar-refractivity contribution < 1.29 is 0 Å². The second kappa shape index (κ2) is 8.69. The first-order valence-electron chi connectivity index (χ1n) is 7.10. The monoisotopic (exact) mass is 265 g/mol. The van der Waals surface area contributed by atoms with E-state index in [1.807, 2.05) is 13.0 Å². The zero-order valence-corrected chi connectivity index (χ0v) is 12.7. The molecule has 1 rings (SSSR count). The second-order valence-electron chi connectivity index (χ2n) is 5.08. The predicted molar refractivity (Wildman–Crippen MR) is 81.8 cm³/mol. The van der Waals surface area contributed by atoms with Crippen LogP contribution in [0.2, 0.25) is 0 Å². The van der Waals surface area contributed by atoms with Crippen molar-refractivity contribution in [2.24, 2.45) is 0 Å². The van der Waals surface area contributed by atoms with Gasteiger partial charge in [-0.15, -0.1) is 0 Å². The topological polar surface area (TPSA) is 53.1 Å². The number of nitrogens with zero attached hydrogens (tertiary/aromatic N) is 3. The smallest absolute Gasteiger partial charge is 0.224 e. The number of likely N-dealkylation sites (N-methyl/N-ethyl adjacent to an activating group) is 1. The van der Waals surface area contributed by atoms with E-state index >= 15 is 0 Å². The van der Waals surface area contributed by atoms with Crippen molar-refractivity contribution in [3.8, 4) is 0 Å². The van der Waals surface area contributed by atoms with Crippen molar-refractivity contribution in [3.63, 3.8) is 0 Å². The van der Waals surface area contributed by atoms with E-state index < -0.39 is 0 Å². The van der Waals surface area contributed by atoms with Gasteiger partial charge < -0.3 is 15.5 Å². The first-order valence-corrected chi connectivity index (χ1v) is 7.10. The van der Waals surface area contributed by atoms with E-state index in [0.717, 1.165) is 31.1 Å². The molecule has 0 aliphatic carbocycles. The Morgan fingerprint density at radius 1 is 1.11 bits per heavy atom. The van der Waals surface area contributed by atoms with Gasteiger partial charge in [-0.2, -0.15) is 4.98 Å². The van der Waals surface area contributed by atoms with Gasteiger partial charge in [0.25, 0.3) is 0 Å². The standard InChI is InChI=1S/C14H27N5/c1-5-6-7-8-15-13-11-12(2)17-14(18-13)16-9-10-19(3)4/h11H,5-10H2,1-4H3,(H2,15,16,17,18). The Morgan fingerprint density at radius 2 is 1.89 bits per heavy atom. The van der Waals surface area contributed by atoms with Crippen molar-refractivity contribution >= 4 is 11.8 Å². The quantitative estimate of drug-likeness (QED) is 0.671. The van der Waals surface area contributed by atoms with E-state index in [1.54, 1.807) is 0 Å². The minimum atomic E-state index is 0.708. The average molecular weight is 265 g/mol. The van der Waals surface area contributed by atoms with Gasteiger partial charge in [-0.05, 0) is 27.4 Å². The Kier molecular flexibility index (Phi) is 7.18. The van der Waals surface area contributed by atoms with Crippen LogP contribution >= 0.6 is 0 Å². The third-order valence-corrected chi connectivity index (χ3v) is 2.78. The minimum Gasteiger partial charge on any atom is -0.370 e. The highest BCUT2D eigenvalue weighted by molar-refractivity contribution is 5.42. The van der Waals surface area contributed by atoms with Crippen LogP contribution in [0.4, 0.5) is 11.8 Å². The van der Waals surface area contributed by atoms with E-state index in [4.69, 9.17) is 0 Å². The molecule has 0 fully saturated rings. The lowest BCUT2D eigenvalue weighted by atomic mass is 10.2. The van der Waals surface area contributed by atoms with E-state index in [2.05, 4.69) is 46.5 Å². The molecule has 0 bridgehead atoms. The van der Waals surface area contributed by atoms with Crippen molar-refractivity contribution in [2.75, 3.05) is 44.4 Å². The molecule has 5 heteroatoms. The summed E-state index contributed by atoms with van der Waals surface area (Å²) in [6.07, 6.45) is 3.68. The molecular formula is C14H27N5. The Morgan fingerprint density at radius 3 is 2.58 bits per heavy atom. The molecular weight excluding hydrogens is 238 g/mol. The molecule has 0 atom stereocenters. The molecule has 0 spiro atoms. The third kappa shape index (κ3) is 6.96. The lowest BCUT2D eigenvalue weighted by Crippen LogP contribution is -2.21. The molecule has 5 nitrogen and oxygen atoms in total. The van der Waals surface area contributed by atoms with Gasteiger partial charge >= 0.3 is 0 Å². The summed E-state index contributed by atoms with van der Waals surface area (Å²) in [6, 6.07) is 1.99. The van der Waals surface area contributed by atoms with E-state index in [-0.39, 0.29) is 0 Å². The average Bonchev–Trinajstić information content (AvgIpc) is 2.34. The second-order valence-corrected chi connectivity index (χ2v) is 5.08. The lowest BCUT2D eigenvalue weighted by Gasteiger charge is -2.12. The summed E-state index contributed by atoms with van der Waals surface area (Å²) in [5.74, 6) is 1.62. The fraction of sp³-hybridized carbons (Fsp3) is 0.714. The van der Waals surface area contributed by atoms with Crippen LogP contribution in [0.1, 0.15) is 31.9 Å². The van der Waals surface area contributed by atoms with Gasteiger partial charge in [-0.3, -0.25) is 0 Å². The van der Waals surface area contributed by atoms with Gasteiger partial charge in [-0.1, -0.05) is 19.8 Å². The van der Waals surface area contributed by atoms with Gasteiger partial charge in [0, 0.05) is 31.4 Å². The molecule has 19 heavy (non-hydrogen) atoms. The van der Waals surface area contributed by atoms with Crippen LogP contribution in [0.3, 0.4) is 0 Å². The Labute approximate surface area is 116 Å². The fourth-order valence-electron chi connectivity index (χ4n) is 1.72. The minimum absolute atomic E-state index is 0.708. The third-order valence-electron chi connectivity index (χ3n) is 2.78. The van der Waals surface area contributed by atoms with Crippen LogP contribution < -0.4 is 10.6 Å². The maximum absolute atomic E-state index is 4.48. The number of aromatic nitrogens is 2. The highest BCUT2D eigenvalue weighted by Gasteiger charge is 2.01. The van der Waals surface area contributed by atoms with Crippen LogP contribution in [0.25, 0.3) is 0 Å². The van der Waals surface area contributed by atoms with Crippen molar-refractivity contribution in [2.45, 2.75) is 33.1 Å². The number of nitrogens with one attached hydrogen (secondary N) is 2. The normalized spacial score (nSPS) is 10.8. The summed E-state index contributed by atoms with van der Waals surface area (Å²) in [5.41, 5.74) is 0.986. The zero-order chi connectivity index (χ0) is 14.1. The highest BCUT2D eigenvalue weighted by Crippen LogP contribution is 2.09. The van der Waals surface area contributed by atoms with E-state index in [9.17, 15) is 0 Å². The van der Waals surface area contributed by atoms with E-state index in [0.29, 0.717) is 5.95 Å². The van der Waals surface area contributed by atoms with Gasteiger partial charge in [0.1, 0.15) is 5.82 Å². The number of hydrogen-bond acceptors (Lipinski definition) is 5. The molecule has 1 heterocycles. The van der Waals surface area contributed by atoms with Crippen molar-refractivity contribution in [1.29, 1.82) is 0 Å². The zero-order valence-electron chi connectivity index (χ0n) is 12.7.